The Labute approximate surface area is 211 Å². The number of amides is 2. The number of pyridine rings is 2. The molecule has 0 saturated carbocycles. The van der Waals surface area contributed by atoms with Crippen molar-refractivity contribution in [2.24, 2.45) is 0 Å². The van der Waals surface area contributed by atoms with Crippen LogP contribution in [0.3, 0.4) is 0 Å². The number of anilines is 1. The zero-order valence-electron chi connectivity index (χ0n) is 20.5. The number of nitrogens with one attached hydrogen (secondary N) is 1. The average Bonchev–Trinajstić information content (AvgIpc) is 2.87. The molecule has 0 saturated heterocycles. The largest absolute Gasteiger partial charge is 0.479 e. The Morgan fingerprint density at radius 2 is 1.86 bits per heavy atom. The van der Waals surface area contributed by atoms with Crippen LogP contribution in [0.25, 0.3) is 10.9 Å². The van der Waals surface area contributed by atoms with Crippen LogP contribution in [-0.2, 0) is 19.9 Å². The van der Waals surface area contributed by atoms with E-state index in [1.54, 1.807) is 13.0 Å². The number of aromatic nitrogens is 2. The van der Waals surface area contributed by atoms with E-state index in [-0.39, 0.29) is 40.1 Å². The first kappa shape index (κ1) is 26.8. The SMILES string of the molecule is CCC(OC(=O)Nc1ncccc1C(C)(C(=O)O)N(C)C(C)=O)Oc1ccc([N+](=O)[O-])c2cccnc12. The minimum Gasteiger partial charge on any atom is -0.479 e. The zero-order valence-corrected chi connectivity index (χ0v) is 20.5. The molecule has 0 aliphatic heterocycles. The molecule has 13 nitrogen and oxygen atoms in total. The zero-order chi connectivity index (χ0) is 27.3. The van der Waals surface area contributed by atoms with Crippen molar-refractivity contribution in [3.05, 3.63) is 64.5 Å². The van der Waals surface area contributed by atoms with Crippen molar-refractivity contribution in [2.45, 2.75) is 39.0 Å². The number of hydrogen-bond donors (Lipinski definition) is 2. The van der Waals surface area contributed by atoms with Crippen molar-refractivity contribution in [1.82, 2.24) is 14.9 Å². The van der Waals surface area contributed by atoms with E-state index in [1.807, 2.05) is 0 Å². The molecule has 0 fully saturated rings. The third-order valence-corrected chi connectivity index (χ3v) is 5.85. The lowest BCUT2D eigenvalue weighted by atomic mass is 9.90. The fraction of sp³-hybridized carbons (Fsp3) is 0.292. The van der Waals surface area contributed by atoms with E-state index in [0.717, 1.165) is 4.90 Å². The molecule has 1 aromatic carbocycles. The molecule has 13 heteroatoms. The molecule has 3 rings (SSSR count). The Morgan fingerprint density at radius 1 is 1.19 bits per heavy atom. The van der Waals surface area contributed by atoms with Gasteiger partial charge in [0.05, 0.1) is 10.3 Å². The first-order chi connectivity index (χ1) is 17.5. The van der Waals surface area contributed by atoms with Gasteiger partial charge in [0, 0.05) is 44.4 Å². The second kappa shape index (κ2) is 10.8. The van der Waals surface area contributed by atoms with E-state index >= 15 is 0 Å². The summed E-state index contributed by atoms with van der Waals surface area (Å²) in [5.41, 5.74) is -1.72. The van der Waals surface area contributed by atoms with Gasteiger partial charge in [-0.2, -0.15) is 0 Å². The predicted octanol–water partition coefficient (Wildman–Crippen LogP) is 3.68. The van der Waals surface area contributed by atoms with Crippen LogP contribution in [0.4, 0.5) is 16.3 Å². The Balaban J connectivity index is 1.85. The van der Waals surface area contributed by atoms with Gasteiger partial charge in [-0.3, -0.25) is 25.2 Å². The van der Waals surface area contributed by atoms with Crippen LogP contribution >= 0.6 is 0 Å². The molecule has 0 aliphatic rings. The van der Waals surface area contributed by atoms with Crippen molar-refractivity contribution in [1.29, 1.82) is 0 Å². The van der Waals surface area contributed by atoms with Gasteiger partial charge in [-0.25, -0.2) is 14.6 Å². The molecule has 2 amide bonds. The standard InChI is InChI=1S/C24H25N5O8/c1-5-19(36-18-11-10-17(29(34)35)15-8-6-12-25-20(15)18)37-23(33)27-21-16(9-7-13-26-21)24(3,22(31)32)28(4)14(2)30/h6-13,19H,5H2,1-4H3,(H,31,32)(H,26,27,33). The minimum absolute atomic E-state index is 0.0525. The van der Waals surface area contributed by atoms with E-state index in [9.17, 15) is 29.6 Å². The summed E-state index contributed by atoms with van der Waals surface area (Å²) in [5, 5.41) is 23.9. The number of ether oxygens (including phenoxy) is 2. The summed E-state index contributed by atoms with van der Waals surface area (Å²) in [4.78, 5) is 57.0. The van der Waals surface area contributed by atoms with Gasteiger partial charge in [-0.05, 0) is 31.2 Å². The van der Waals surface area contributed by atoms with Gasteiger partial charge in [0.25, 0.3) is 5.69 Å². The van der Waals surface area contributed by atoms with Crippen LogP contribution in [0.5, 0.6) is 5.75 Å². The maximum atomic E-state index is 12.7. The number of carboxylic acids is 1. The molecule has 2 N–H and O–H groups in total. The summed E-state index contributed by atoms with van der Waals surface area (Å²) >= 11 is 0. The fourth-order valence-corrected chi connectivity index (χ4v) is 3.62. The molecule has 0 spiro atoms. The first-order valence-electron chi connectivity index (χ1n) is 11.1. The topological polar surface area (TPSA) is 174 Å². The quantitative estimate of drug-likeness (QED) is 0.245. The molecular formula is C24H25N5O8. The van der Waals surface area contributed by atoms with E-state index in [2.05, 4.69) is 15.3 Å². The van der Waals surface area contributed by atoms with E-state index in [0.29, 0.717) is 0 Å². The summed E-state index contributed by atoms with van der Waals surface area (Å²) in [6.07, 6.45) is 0.882. The average molecular weight is 511 g/mol. The summed E-state index contributed by atoms with van der Waals surface area (Å²) in [6, 6.07) is 8.63. The maximum absolute atomic E-state index is 12.7. The van der Waals surface area contributed by atoms with Gasteiger partial charge < -0.3 is 19.5 Å². The van der Waals surface area contributed by atoms with Crippen LogP contribution < -0.4 is 10.1 Å². The highest BCUT2D eigenvalue weighted by molar-refractivity contribution is 5.93. The summed E-state index contributed by atoms with van der Waals surface area (Å²) in [5.74, 6) is -1.80. The monoisotopic (exact) mass is 511 g/mol. The number of carbonyl (C=O) groups is 3. The van der Waals surface area contributed by atoms with Crippen LogP contribution in [0.15, 0.2) is 48.8 Å². The summed E-state index contributed by atoms with van der Waals surface area (Å²) in [6.45, 7) is 4.22. The highest BCUT2D eigenvalue weighted by Gasteiger charge is 2.43. The lowest BCUT2D eigenvalue weighted by Crippen LogP contribution is -2.50. The molecule has 194 valence electrons. The Morgan fingerprint density at radius 3 is 2.49 bits per heavy atom. The van der Waals surface area contributed by atoms with Crippen molar-refractivity contribution in [2.75, 3.05) is 12.4 Å². The molecule has 2 heterocycles. The van der Waals surface area contributed by atoms with E-state index in [4.69, 9.17) is 9.47 Å². The number of fused-ring (bicyclic) bond motifs is 1. The number of carbonyl (C=O) groups excluding carboxylic acids is 2. The number of carboxylic acid groups (broad SMARTS) is 1. The van der Waals surface area contributed by atoms with Crippen LogP contribution in [0.2, 0.25) is 0 Å². The molecule has 37 heavy (non-hydrogen) atoms. The lowest BCUT2D eigenvalue weighted by Gasteiger charge is -2.35. The number of aliphatic carboxylic acids is 1. The van der Waals surface area contributed by atoms with E-state index < -0.39 is 34.7 Å². The molecule has 0 bridgehead atoms. The number of benzene rings is 1. The summed E-state index contributed by atoms with van der Waals surface area (Å²) < 4.78 is 11.2. The van der Waals surface area contributed by atoms with E-state index in [1.165, 1.54) is 63.6 Å². The maximum Gasteiger partial charge on any atom is 0.415 e. The Bertz CT molecular complexity index is 1360. The van der Waals surface area contributed by atoms with Crippen molar-refractivity contribution in [3.8, 4) is 5.75 Å². The number of rotatable bonds is 9. The smallest absolute Gasteiger partial charge is 0.415 e. The molecular weight excluding hydrogens is 486 g/mol. The normalized spacial score (nSPS) is 13.2. The van der Waals surface area contributed by atoms with Crippen molar-refractivity contribution in [3.63, 3.8) is 0 Å². The number of hydrogen-bond acceptors (Lipinski definition) is 9. The van der Waals surface area contributed by atoms with Crippen LogP contribution in [-0.4, -0.2) is 56.2 Å². The molecule has 0 aliphatic carbocycles. The highest BCUT2D eigenvalue weighted by atomic mass is 16.7. The van der Waals surface area contributed by atoms with Gasteiger partial charge in [0.1, 0.15) is 11.3 Å². The van der Waals surface area contributed by atoms with Crippen LogP contribution in [0.1, 0.15) is 32.8 Å². The second-order valence-corrected chi connectivity index (χ2v) is 8.08. The van der Waals surface area contributed by atoms with Gasteiger partial charge in [0.15, 0.2) is 11.3 Å². The second-order valence-electron chi connectivity index (χ2n) is 8.08. The number of nitro groups is 1. The fourth-order valence-electron chi connectivity index (χ4n) is 3.62. The Hall–Kier alpha value is -4.81. The van der Waals surface area contributed by atoms with Gasteiger partial charge in [-0.15, -0.1) is 0 Å². The number of nitro benzene ring substituents is 1. The van der Waals surface area contributed by atoms with Gasteiger partial charge in [0.2, 0.25) is 12.2 Å². The molecule has 2 aromatic heterocycles. The Kier molecular flexibility index (Phi) is 7.85. The molecule has 3 aromatic rings. The highest BCUT2D eigenvalue weighted by Crippen LogP contribution is 2.34. The summed E-state index contributed by atoms with van der Waals surface area (Å²) in [7, 11) is 1.33. The number of nitrogens with zero attached hydrogens (tertiary/aromatic N) is 4. The third kappa shape index (κ3) is 5.39. The minimum atomic E-state index is -1.84. The number of non-ortho nitro benzene ring substituents is 1. The van der Waals surface area contributed by atoms with Gasteiger partial charge in [-0.1, -0.05) is 13.0 Å². The third-order valence-electron chi connectivity index (χ3n) is 5.85. The molecule has 2 atom stereocenters. The first-order valence-corrected chi connectivity index (χ1v) is 11.1. The van der Waals surface area contributed by atoms with Gasteiger partial charge >= 0.3 is 12.1 Å². The van der Waals surface area contributed by atoms with Crippen molar-refractivity contribution < 1.29 is 33.9 Å². The number of likely N-dealkylation sites (N-methyl/N-ethyl adjacent to an activating group) is 1. The lowest BCUT2D eigenvalue weighted by molar-refractivity contribution is -0.383. The predicted molar refractivity (Wildman–Crippen MR) is 131 cm³/mol. The van der Waals surface area contributed by atoms with Crippen LogP contribution in [0, 0.1) is 10.1 Å². The van der Waals surface area contributed by atoms with Crippen molar-refractivity contribution >= 4 is 40.4 Å². The molecule has 2 unspecified atom stereocenters. The molecule has 0 radical (unpaired) electrons.